The van der Waals surface area contributed by atoms with Crippen molar-refractivity contribution in [3.8, 4) is 0 Å². The molecule has 0 radical (unpaired) electrons. The van der Waals surface area contributed by atoms with Gasteiger partial charge in [0.15, 0.2) is 0 Å². The van der Waals surface area contributed by atoms with Crippen LogP contribution in [0.15, 0.2) is 30.9 Å². The van der Waals surface area contributed by atoms with Gasteiger partial charge >= 0.3 is 6.18 Å². The summed E-state index contributed by atoms with van der Waals surface area (Å²) in [5, 5.41) is 4.85. The van der Waals surface area contributed by atoms with Crippen molar-refractivity contribution in [2.75, 3.05) is 36.4 Å². The monoisotopic (exact) mass is 568 g/mol. The van der Waals surface area contributed by atoms with Gasteiger partial charge in [-0.15, -0.1) is 11.3 Å². The zero-order valence-electron chi connectivity index (χ0n) is 19.7. The van der Waals surface area contributed by atoms with Crippen molar-refractivity contribution >= 4 is 52.8 Å². The number of nitrogens with zero attached hydrogens (tertiary/aromatic N) is 6. The van der Waals surface area contributed by atoms with Crippen LogP contribution in [0, 0.1) is 0 Å². The van der Waals surface area contributed by atoms with Crippen LogP contribution >= 0.6 is 22.9 Å². The standard InChI is InChI=1S/C22H20ClF3N8O3S/c1-12(31-19(36)15-7-18(30-10-29-15)34-4-2-33(11-35)3-5-34)21-28-9-16(38-21)20(37)32-17-6-13(22(24,25)26)14(23)8-27-17/h6-12H,2-5H2,1H3,(H,31,36)(H,27,32,37). The van der Waals surface area contributed by atoms with Crippen LogP contribution in [-0.2, 0) is 11.0 Å². The summed E-state index contributed by atoms with van der Waals surface area (Å²) in [6, 6.07) is 1.59. The quantitative estimate of drug-likeness (QED) is 0.416. The fraction of sp³-hybridized carbons (Fsp3) is 0.318. The van der Waals surface area contributed by atoms with Gasteiger partial charge in [-0.25, -0.2) is 19.9 Å². The smallest absolute Gasteiger partial charge is 0.353 e. The number of rotatable bonds is 7. The first-order chi connectivity index (χ1) is 18.0. The van der Waals surface area contributed by atoms with Crippen molar-refractivity contribution in [3.05, 3.63) is 57.0 Å². The average Bonchev–Trinajstić information content (AvgIpc) is 3.40. The molecule has 3 amide bonds. The maximum absolute atomic E-state index is 13.1. The first-order valence-electron chi connectivity index (χ1n) is 11.1. The van der Waals surface area contributed by atoms with Crippen molar-refractivity contribution in [2.24, 2.45) is 0 Å². The molecule has 3 aromatic rings. The lowest BCUT2D eigenvalue weighted by molar-refractivity contribution is -0.137. The highest BCUT2D eigenvalue weighted by molar-refractivity contribution is 7.13. The molecule has 200 valence electrons. The Balaban J connectivity index is 1.38. The molecule has 16 heteroatoms. The second-order valence-electron chi connectivity index (χ2n) is 8.15. The molecule has 0 aromatic carbocycles. The lowest BCUT2D eigenvalue weighted by Crippen LogP contribution is -2.46. The molecule has 1 aliphatic heterocycles. The van der Waals surface area contributed by atoms with Gasteiger partial charge in [-0.3, -0.25) is 14.4 Å². The van der Waals surface area contributed by atoms with E-state index in [-0.39, 0.29) is 16.4 Å². The Morgan fingerprint density at radius 1 is 1.08 bits per heavy atom. The fourth-order valence-electron chi connectivity index (χ4n) is 3.53. The number of thiazole rings is 1. The lowest BCUT2D eigenvalue weighted by Gasteiger charge is -2.33. The minimum Gasteiger partial charge on any atom is -0.353 e. The molecule has 2 N–H and O–H groups in total. The van der Waals surface area contributed by atoms with Crippen LogP contribution in [0.5, 0.6) is 0 Å². The van der Waals surface area contributed by atoms with Crippen LogP contribution < -0.4 is 15.5 Å². The molecule has 0 spiro atoms. The molecule has 0 bridgehead atoms. The second kappa shape index (κ2) is 11.3. The van der Waals surface area contributed by atoms with Gasteiger partial charge in [0.2, 0.25) is 6.41 Å². The maximum atomic E-state index is 13.1. The highest BCUT2D eigenvalue weighted by Gasteiger charge is 2.34. The zero-order valence-corrected chi connectivity index (χ0v) is 21.3. The van der Waals surface area contributed by atoms with Gasteiger partial charge in [0.1, 0.15) is 33.5 Å². The molecule has 0 aliphatic carbocycles. The molecular weight excluding hydrogens is 549 g/mol. The van der Waals surface area contributed by atoms with Crippen LogP contribution in [-0.4, -0.2) is 69.2 Å². The minimum atomic E-state index is -4.71. The molecule has 1 fully saturated rings. The largest absolute Gasteiger partial charge is 0.418 e. The first-order valence-corrected chi connectivity index (χ1v) is 12.3. The van der Waals surface area contributed by atoms with Gasteiger partial charge in [-0.1, -0.05) is 11.6 Å². The summed E-state index contributed by atoms with van der Waals surface area (Å²) < 4.78 is 39.2. The normalized spacial score (nSPS) is 14.7. The van der Waals surface area contributed by atoms with Gasteiger partial charge in [-0.2, -0.15) is 13.2 Å². The van der Waals surface area contributed by atoms with Crippen LogP contribution in [0.25, 0.3) is 0 Å². The van der Waals surface area contributed by atoms with Crippen LogP contribution in [0.3, 0.4) is 0 Å². The highest BCUT2D eigenvalue weighted by atomic mass is 35.5. The Hall–Kier alpha value is -3.85. The Kier molecular flexibility index (Phi) is 8.06. The Bertz CT molecular complexity index is 1350. The summed E-state index contributed by atoms with van der Waals surface area (Å²) in [6.07, 6.45) is -0.578. The van der Waals surface area contributed by atoms with E-state index in [9.17, 15) is 27.6 Å². The molecule has 1 aliphatic rings. The first kappa shape index (κ1) is 27.2. The van der Waals surface area contributed by atoms with Gasteiger partial charge in [0.25, 0.3) is 11.8 Å². The van der Waals surface area contributed by atoms with E-state index in [4.69, 9.17) is 11.6 Å². The van der Waals surface area contributed by atoms with Gasteiger partial charge < -0.3 is 20.4 Å². The summed E-state index contributed by atoms with van der Waals surface area (Å²) in [6.45, 7) is 3.89. The number of hydrogen-bond acceptors (Lipinski definition) is 9. The van der Waals surface area contributed by atoms with E-state index in [0.29, 0.717) is 43.1 Å². The van der Waals surface area contributed by atoms with Crippen LogP contribution in [0.4, 0.5) is 24.8 Å². The summed E-state index contributed by atoms with van der Waals surface area (Å²) in [7, 11) is 0. The number of halogens is 4. The fourth-order valence-corrected chi connectivity index (χ4v) is 4.55. The van der Waals surface area contributed by atoms with Crippen LogP contribution in [0.1, 0.15) is 43.7 Å². The maximum Gasteiger partial charge on any atom is 0.418 e. The predicted molar refractivity (Wildman–Crippen MR) is 132 cm³/mol. The molecule has 0 saturated carbocycles. The van der Waals surface area contributed by atoms with E-state index in [1.54, 1.807) is 17.9 Å². The van der Waals surface area contributed by atoms with Crippen molar-refractivity contribution in [1.29, 1.82) is 0 Å². The number of hydrogen-bond donors (Lipinski definition) is 2. The Morgan fingerprint density at radius 2 is 1.82 bits per heavy atom. The highest BCUT2D eigenvalue weighted by Crippen LogP contribution is 2.35. The van der Waals surface area contributed by atoms with E-state index >= 15 is 0 Å². The van der Waals surface area contributed by atoms with Crippen molar-refractivity contribution in [2.45, 2.75) is 19.1 Å². The van der Waals surface area contributed by atoms with E-state index in [0.717, 1.165) is 23.9 Å². The number of carbonyl (C=O) groups is 3. The number of amides is 3. The molecule has 38 heavy (non-hydrogen) atoms. The summed E-state index contributed by atoms with van der Waals surface area (Å²) in [4.78, 5) is 56.0. The third kappa shape index (κ3) is 6.34. The molecule has 1 saturated heterocycles. The number of nitrogens with one attached hydrogen (secondary N) is 2. The molecule has 3 aromatic heterocycles. The number of aromatic nitrogens is 4. The molecule has 11 nitrogen and oxygen atoms in total. The van der Waals surface area contributed by atoms with E-state index in [2.05, 4.69) is 30.6 Å². The topological polar surface area (TPSA) is 133 Å². The number of alkyl halides is 3. The summed E-state index contributed by atoms with van der Waals surface area (Å²) >= 11 is 6.51. The number of pyridine rings is 1. The second-order valence-corrected chi connectivity index (χ2v) is 9.62. The molecule has 4 heterocycles. The Labute approximate surface area is 223 Å². The SMILES string of the molecule is CC(NC(=O)c1cc(N2CCN(C=O)CC2)ncn1)c1ncc(C(=O)Nc2cc(C(F)(F)F)c(Cl)cn2)s1. The van der Waals surface area contributed by atoms with E-state index in [1.165, 1.54) is 12.5 Å². The number of anilines is 2. The molecular formula is C22H20ClF3N8O3S. The van der Waals surface area contributed by atoms with Crippen molar-refractivity contribution in [1.82, 2.24) is 30.2 Å². The molecule has 1 unspecified atom stereocenters. The van der Waals surface area contributed by atoms with Gasteiger partial charge in [-0.05, 0) is 13.0 Å². The Morgan fingerprint density at radius 3 is 2.50 bits per heavy atom. The summed E-state index contributed by atoms with van der Waals surface area (Å²) in [5.41, 5.74) is -0.995. The van der Waals surface area contributed by atoms with Crippen molar-refractivity contribution < 1.29 is 27.6 Å². The van der Waals surface area contributed by atoms with E-state index in [1.807, 2.05) is 4.90 Å². The third-order valence-electron chi connectivity index (χ3n) is 5.54. The van der Waals surface area contributed by atoms with Gasteiger partial charge in [0.05, 0.1) is 22.8 Å². The lowest BCUT2D eigenvalue weighted by atomic mass is 10.2. The average molecular weight is 569 g/mol. The predicted octanol–water partition coefficient (Wildman–Crippen LogP) is 3.02. The summed E-state index contributed by atoms with van der Waals surface area (Å²) in [5.74, 6) is -0.972. The van der Waals surface area contributed by atoms with E-state index < -0.39 is 34.6 Å². The van der Waals surface area contributed by atoms with Crippen LogP contribution in [0.2, 0.25) is 5.02 Å². The zero-order chi connectivity index (χ0) is 27.4. The molecule has 1 atom stereocenters. The molecule has 4 rings (SSSR count). The number of carbonyl (C=O) groups excluding carboxylic acids is 3. The van der Waals surface area contributed by atoms with Crippen molar-refractivity contribution in [3.63, 3.8) is 0 Å². The minimum absolute atomic E-state index is 0.102. The number of piperazine rings is 1. The third-order valence-corrected chi connectivity index (χ3v) is 7.02. The van der Waals surface area contributed by atoms with Gasteiger partial charge in [0, 0.05) is 38.4 Å².